The maximum absolute atomic E-state index is 13.9. The summed E-state index contributed by atoms with van der Waals surface area (Å²) in [6.07, 6.45) is 3.35. The molecule has 0 bridgehead atoms. The number of hydrogen-bond donors (Lipinski definition) is 0. The Balaban J connectivity index is 2.85. The predicted octanol–water partition coefficient (Wildman–Crippen LogP) is 5.17. The Bertz CT molecular complexity index is 472. The fourth-order valence-corrected chi connectivity index (χ4v) is 1.78. The summed E-state index contributed by atoms with van der Waals surface area (Å²) in [5, 5.41) is 10.7. The van der Waals surface area contributed by atoms with Gasteiger partial charge < -0.3 is 0 Å². The van der Waals surface area contributed by atoms with E-state index in [1.807, 2.05) is 6.92 Å². The highest BCUT2D eigenvalue weighted by Gasteiger charge is 2.19. The molecule has 0 aliphatic carbocycles. The van der Waals surface area contributed by atoms with E-state index in [9.17, 15) is 18.9 Å². The van der Waals surface area contributed by atoms with Gasteiger partial charge in [-0.15, -0.1) is 0 Å². The average molecular weight is 269 g/mol. The second-order valence-electron chi connectivity index (χ2n) is 4.30. The van der Waals surface area contributed by atoms with Crippen LogP contribution in [-0.4, -0.2) is 4.92 Å². The van der Waals surface area contributed by atoms with Crippen molar-refractivity contribution in [2.24, 2.45) is 0 Å². The molecule has 0 aliphatic heterocycles. The summed E-state index contributed by atoms with van der Waals surface area (Å²) in [6.45, 7) is 2.03. The summed E-state index contributed by atoms with van der Waals surface area (Å²) in [6, 6.07) is 5.26. The van der Waals surface area contributed by atoms with Gasteiger partial charge in [-0.25, -0.2) is 8.78 Å². The molecule has 0 unspecified atom stereocenters. The third kappa shape index (κ3) is 4.43. The maximum Gasteiger partial charge on any atom is 0.279 e. The first-order valence-electron chi connectivity index (χ1n) is 6.35. The number of unbranched alkanes of at least 4 members (excludes halogenated alkanes) is 3. The smallest absolute Gasteiger partial charge is 0.258 e. The Kier molecular flexibility index (Phi) is 6.12. The number of rotatable bonds is 7. The molecule has 0 N–H and O–H groups in total. The first-order valence-corrected chi connectivity index (χ1v) is 6.35. The minimum Gasteiger partial charge on any atom is -0.258 e. The van der Waals surface area contributed by atoms with Gasteiger partial charge in [-0.3, -0.25) is 10.1 Å². The minimum atomic E-state index is -1.12. The van der Waals surface area contributed by atoms with Gasteiger partial charge >= 0.3 is 0 Å². The Hall–Kier alpha value is -1.78. The van der Waals surface area contributed by atoms with Crippen LogP contribution in [0.3, 0.4) is 0 Å². The molecule has 0 saturated carbocycles. The first-order chi connectivity index (χ1) is 9.07. The summed E-state index contributed by atoms with van der Waals surface area (Å²) in [4.78, 5) is 10.0. The Morgan fingerprint density at radius 3 is 2.53 bits per heavy atom. The first kappa shape index (κ1) is 15.3. The van der Waals surface area contributed by atoms with Crippen LogP contribution < -0.4 is 0 Å². The zero-order valence-corrected chi connectivity index (χ0v) is 10.9. The SMILES string of the molecule is CCCCCC/C(F)=C(/F)c1ccccc1[N+](=O)[O-]. The molecule has 0 aliphatic rings. The minimum absolute atomic E-state index is 0.0160. The van der Waals surface area contributed by atoms with Gasteiger partial charge in [0.25, 0.3) is 5.69 Å². The topological polar surface area (TPSA) is 43.1 Å². The molecule has 0 spiro atoms. The molecule has 0 radical (unpaired) electrons. The largest absolute Gasteiger partial charge is 0.279 e. The summed E-state index contributed by atoms with van der Waals surface area (Å²) >= 11 is 0. The summed E-state index contributed by atoms with van der Waals surface area (Å²) in [5.74, 6) is -2.03. The second-order valence-corrected chi connectivity index (χ2v) is 4.30. The van der Waals surface area contributed by atoms with Gasteiger partial charge in [0.2, 0.25) is 0 Å². The second kappa shape index (κ2) is 7.61. The van der Waals surface area contributed by atoms with Crippen molar-refractivity contribution in [1.82, 2.24) is 0 Å². The number of nitro groups is 1. The van der Waals surface area contributed by atoms with Crippen LogP contribution in [0.5, 0.6) is 0 Å². The van der Waals surface area contributed by atoms with Crippen molar-refractivity contribution in [3.8, 4) is 0 Å². The van der Waals surface area contributed by atoms with Crippen molar-refractivity contribution in [3.63, 3.8) is 0 Å². The lowest BCUT2D eigenvalue weighted by Gasteiger charge is -2.03. The number of allylic oxidation sites excluding steroid dienone is 1. The maximum atomic E-state index is 13.9. The number of nitrogens with zero attached hydrogens (tertiary/aromatic N) is 1. The Labute approximate surface area is 111 Å². The van der Waals surface area contributed by atoms with Gasteiger partial charge in [-0.1, -0.05) is 38.3 Å². The summed E-state index contributed by atoms with van der Waals surface area (Å²) in [7, 11) is 0. The van der Waals surface area contributed by atoms with E-state index in [-0.39, 0.29) is 12.0 Å². The number of benzene rings is 1. The number of hydrogen-bond acceptors (Lipinski definition) is 2. The lowest BCUT2D eigenvalue weighted by Crippen LogP contribution is -1.94. The quantitative estimate of drug-likeness (QED) is 0.389. The van der Waals surface area contributed by atoms with E-state index in [0.29, 0.717) is 6.42 Å². The van der Waals surface area contributed by atoms with Gasteiger partial charge in [-0.2, -0.15) is 0 Å². The van der Waals surface area contributed by atoms with Crippen molar-refractivity contribution in [2.75, 3.05) is 0 Å². The molecule has 1 rings (SSSR count). The van der Waals surface area contributed by atoms with Crippen LogP contribution in [0.25, 0.3) is 5.83 Å². The monoisotopic (exact) mass is 269 g/mol. The fraction of sp³-hybridized carbons (Fsp3) is 0.429. The lowest BCUT2D eigenvalue weighted by atomic mass is 10.1. The van der Waals surface area contributed by atoms with Crippen LogP contribution >= 0.6 is 0 Å². The highest BCUT2D eigenvalue weighted by atomic mass is 19.2. The van der Waals surface area contributed by atoms with Gasteiger partial charge in [0, 0.05) is 12.5 Å². The van der Waals surface area contributed by atoms with Gasteiger partial charge in [0.05, 0.1) is 10.5 Å². The van der Waals surface area contributed by atoms with Crippen molar-refractivity contribution < 1.29 is 13.7 Å². The van der Waals surface area contributed by atoms with Crippen molar-refractivity contribution in [1.29, 1.82) is 0 Å². The average Bonchev–Trinajstić information content (AvgIpc) is 2.42. The number of para-hydroxylation sites is 1. The van der Waals surface area contributed by atoms with E-state index >= 15 is 0 Å². The van der Waals surface area contributed by atoms with Crippen molar-refractivity contribution in [2.45, 2.75) is 39.0 Å². The van der Waals surface area contributed by atoms with E-state index in [1.54, 1.807) is 0 Å². The third-order valence-electron chi connectivity index (χ3n) is 2.83. The van der Waals surface area contributed by atoms with Crippen LogP contribution in [0.2, 0.25) is 0 Å². The molecule has 19 heavy (non-hydrogen) atoms. The molecular weight excluding hydrogens is 252 g/mol. The molecule has 0 atom stereocenters. The molecule has 0 saturated heterocycles. The molecule has 1 aromatic carbocycles. The molecule has 5 heteroatoms. The van der Waals surface area contributed by atoms with Crippen LogP contribution in [0.1, 0.15) is 44.6 Å². The molecule has 104 valence electrons. The molecule has 0 heterocycles. The number of halogens is 2. The molecule has 0 aromatic heterocycles. The lowest BCUT2D eigenvalue weighted by molar-refractivity contribution is -0.385. The normalized spacial score (nSPS) is 12.2. The summed E-state index contributed by atoms with van der Waals surface area (Å²) < 4.78 is 27.5. The van der Waals surface area contributed by atoms with Crippen LogP contribution in [-0.2, 0) is 0 Å². The predicted molar refractivity (Wildman–Crippen MR) is 71.0 cm³/mol. The fourth-order valence-electron chi connectivity index (χ4n) is 1.78. The molecule has 0 amide bonds. The van der Waals surface area contributed by atoms with Crippen molar-refractivity contribution >= 4 is 11.5 Å². The van der Waals surface area contributed by atoms with Crippen LogP contribution in [0.15, 0.2) is 30.1 Å². The van der Waals surface area contributed by atoms with Crippen LogP contribution in [0, 0.1) is 10.1 Å². The summed E-state index contributed by atoms with van der Waals surface area (Å²) in [5.41, 5.74) is -0.704. The molecule has 1 aromatic rings. The van der Waals surface area contributed by atoms with Gasteiger partial charge in [-0.05, 0) is 12.5 Å². The van der Waals surface area contributed by atoms with Crippen LogP contribution in [0.4, 0.5) is 14.5 Å². The molecular formula is C14H17F2NO2. The van der Waals surface area contributed by atoms with E-state index in [2.05, 4.69) is 0 Å². The standard InChI is InChI=1S/C14H17F2NO2/c1-2-3-4-5-9-12(15)14(16)11-8-6-7-10-13(11)17(18)19/h6-8,10H,2-5,9H2,1H3/b14-12-. The highest BCUT2D eigenvalue weighted by molar-refractivity contribution is 5.69. The van der Waals surface area contributed by atoms with Gasteiger partial charge in [0.15, 0.2) is 5.83 Å². The Morgan fingerprint density at radius 2 is 1.89 bits per heavy atom. The highest BCUT2D eigenvalue weighted by Crippen LogP contribution is 2.31. The van der Waals surface area contributed by atoms with E-state index in [1.165, 1.54) is 24.3 Å². The molecule has 0 fully saturated rings. The Morgan fingerprint density at radius 1 is 1.21 bits per heavy atom. The third-order valence-corrected chi connectivity index (χ3v) is 2.83. The van der Waals surface area contributed by atoms with Crippen molar-refractivity contribution in [3.05, 3.63) is 45.8 Å². The van der Waals surface area contributed by atoms with Gasteiger partial charge in [0.1, 0.15) is 5.83 Å². The zero-order chi connectivity index (χ0) is 14.3. The van der Waals surface area contributed by atoms with E-state index < -0.39 is 22.3 Å². The number of nitro benzene ring substituents is 1. The van der Waals surface area contributed by atoms with E-state index in [0.717, 1.165) is 19.3 Å². The van der Waals surface area contributed by atoms with E-state index in [4.69, 9.17) is 0 Å². The zero-order valence-electron chi connectivity index (χ0n) is 10.9. The molecule has 3 nitrogen and oxygen atoms in total.